The Balaban J connectivity index is 2.08. The average Bonchev–Trinajstić information content (AvgIpc) is 2.90. The third kappa shape index (κ3) is 2.47. The van der Waals surface area contributed by atoms with Crippen molar-refractivity contribution >= 4 is 0 Å². The van der Waals surface area contributed by atoms with Crippen LogP contribution in [0.5, 0.6) is 0 Å². The van der Waals surface area contributed by atoms with Crippen molar-refractivity contribution in [2.45, 2.75) is 63.6 Å². The molecule has 0 aromatic rings. The average molecular weight is 250 g/mol. The molecule has 0 saturated heterocycles. The van der Waals surface area contributed by atoms with E-state index in [-0.39, 0.29) is 12.3 Å². The fraction of sp³-hybridized carbons (Fsp3) is 1.00. The molecule has 4 heteroatoms. The molecule has 2 fully saturated rings. The van der Waals surface area contributed by atoms with E-state index in [1.807, 2.05) is 6.92 Å². The fourth-order valence-electron chi connectivity index (χ4n) is 3.61. The third-order valence-electron chi connectivity index (χ3n) is 4.59. The Kier molecular flexibility index (Phi) is 3.45. The second kappa shape index (κ2) is 4.45. The molecule has 2 aliphatic carbocycles. The summed E-state index contributed by atoms with van der Waals surface area (Å²) >= 11 is 0. The highest BCUT2D eigenvalue weighted by Crippen LogP contribution is 2.59. The molecular formula is C13H21F3O. The van der Waals surface area contributed by atoms with E-state index >= 15 is 0 Å². The molecule has 1 N–H and O–H groups in total. The van der Waals surface area contributed by atoms with Gasteiger partial charge in [0.05, 0.1) is 11.5 Å². The first-order valence-corrected chi connectivity index (χ1v) is 6.68. The van der Waals surface area contributed by atoms with Gasteiger partial charge < -0.3 is 5.11 Å². The van der Waals surface area contributed by atoms with Gasteiger partial charge in [0.15, 0.2) is 0 Å². The van der Waals surface area contributed by atoms with E-state index in [9.17, 15) is 18.3 Å². The van der Waals surface area contributed by atoms with E-state index in [1.165, 1.54) is 0 Å². The van der Waals surface area contributed by atoms with Gasteiger partial charge in [0, 0.05) is 0 Å². The Hall–Kier alpha value is -0.250. The molecule has 0 aromatic heterocycles. The molecule has 4 atom stereocenters. The zero-order chi connectivity index (χ0) is 12.7. The highest BCUT2D eigenvalue weighted by molar-refractivity contribution is 5.10. The summed E-state index contributed by atoms with van der Waals surface area (Å²) in [5.41, 5.74) is -1.00. The molecule has 100 valence electrons. The van der Waals surface area contributed by atoms with Gasteiger partial charge in [-0.15, -0.1) is 0 Å². The summed E-state index contributed by atoms with van der Waals surface area (Å²) in [6.07, 6.45) is 0.468. The van der Waals surface area contributed by atoms with Crippen LogP contribution in [0.2, 0.25) is 0 Å². The number of hydrogen-bond acceptors (Lipinski definition) is 1. The lowest BCUT2D eigenvalue weighted by atomic mass is 9.73. The first kappa shape index (κ1) is 13.2. The molecule has 17 heavy (non-hydrogen) atoms. The number of rotatable bonds is 3. The first-order chi connectivity index (χ1) is 7.89. The molecule has 0 bridgehead atoms. The summed E-state index contributed by atoms with van der Waals surface area (Å²) in [6, 6.07) is 0. The summed E-state index contributed by atoms with van der Waals surface area (Å²) in [5, 5.41) is 10.4. The predicted octanol–water partition coefficient (Wildman–Crippen LogP) is 3.91. The number of aliphatic hydroxyl groups is 1. The van der Waals surface area contributed by atoms with E-state index in [0.717, 1.165) is 19.3 Å². The van der Waals surface area contributed by atoms with Crippen molar-refractivity contribution < 1.29 is 18.3 Å². The maximum atomic E-state index is 13.0. The zero-order valence-electron chi connectivity index (χ0n) is 10.3. The summed E-state index contributed by atoms with van der Waals surface area (Å²) in [5.74, 6) is -1.71. The summed E-state index contributed by atoms with van der Waals surface area (Å²) in [7, 11) is 0. The van der Waals surface area contributed by atoms with Crippen molar-refractivity contribution in [3.8, 4) is 0 Å². The Labute approximate surface area is 100 Å². The maximum Gasteiger partial charge on any atom is 0.392 e. The van der Waals surface area contributed by atoms with Gasteiger partial charge in [0.2, 0.25) is 0 Å². The molecular weight excluding hydrogens is 229 g/mol. The Bertz CT molecular complexity index is 276. The number of halogens is 3. The molecule has 2 rings (SSSR count). The topological polar surface area (TPSA) is 20.2 Å². The van der Waals surface area contributed by atoms with Gasteiger partial charge in [-0.25, -0.2) is 0 Å². The number of hydrogen-bond donors (Lipinski definition) is 1. The molecule has 0 heterocycles. The Morgan fingerprint density at radius 2 is 1.88 bits per heavy atom. The van der Waals surface area contributed by atoms with Gasteiger partial charge in [-0.3, -0.25) is 0 Å². The van der Waals surface area contributed by atoms with E-state index in [4.69, 9.17) is 0 Å². The van der Waals surface area contributed by atoms with Crippen molar-refractivity contribution in [2.24, 2.45) is 17.8 Å². The largest absolute Gasteiger partial charge is 0.392 e. The quantitative estimate of drug-likeness (QED) is 0.805. The van der Waals surface area contributed by atoms with Crippen LogP contribution in [0.3, 0.4) is 0 Å². The van der Waals surface area contributed by atoms with Crippen LogP contribution in [0.4, 0.5) is 13.2 Å². The smallest absolute Gasteiger partial charge is 0.389 e. The van der Waals surface area contributed by atoms with Crippen LogP contribution >= 0.6 is 0 Å². The lowest BCUT2D eigenvalue weighted by molar-refractivity contribution is -0.210. The second-order valence-corrected chi connectivity index (χ2v) is 5.72. The fourth-order valence-corrected chi connectivity index (χ4v) is 3.61. The van der Waals surface area contributed by atoms with Crippen molar-refractivity contribution in [1.82, 2.24) is 0 Å². The molecule has 0 radical (unpaired) electrons. The molecule has 0 aliphatic heterocycles. The highest BCUT2D eigenvalue weighted by atomic mass is 19.4. The van der Waals surface area contributed by atoms with Gasteiger partial charge in [-0.05, 0) is 37.5 Å². The molecule has 2 saturated carbocycles. The van der Waals surface area contributed by atoms with Crippen LogP contribution in [-0.4, -0.2) is 16.9 Å². The van der Waals surface area contributed by atoms with E-state index in [1.54, 1.807) is 0 Å². The lowest BCUT2D eigenvalue weighted by Crippen LogP contribution is -2.41. The Morgan fingerprint density at radius 3 is 2.47 bits per heavy atom. The van der Waals surface area contributed by atoms with Gasteiger partial charge in [-0.2, -0.15) is 13.2 Å². The van der Waals surface area contributed by atoms with Crippen molar-refractivity contribution in [1.29, 1.82) is 0 Å². The van der Waals surface area contributed by atoms with Crippen LogP contribution in [0.25, 0.3) is 0 Å². The predicted molar refractivity (Wildman–Crippen MR) is 59.5 cm³/mol. The van der Waals surface area contributed by atoms with Crippen molar-refractivity contribution in [2.75, 3.05) is 0 Å². The minimum Gasteiger partial charge on any atom is -0.389 e. The first-order valence-electron chi connectivity index (χ1n) is 6.68. The van der Waals surface area contributed by atoms with Gasteiger partial charge in [-0.1, -0.05) is 26.2 Å². The number of alkyl halides is 3. The molecule has 0 spiro atoms. The minimum absolute atomic E-state index is 0.112. The SMILES string of the molecule is CCCC1CC1(O)C1CCCCC1C(F)(F)F. The van der Waals surface area contributed by atoms with Gasteiger partial charge in [0.1, 0.15) is 0 Å². The lowest BCUT2D eigenvalue weighted by Gasteiger charge is -2.37. The maximum absolute atomic E-state index is 13.0. The minimum atomic E-state index is -4.14. The normalized spacial score (nSPS) is 42.5. The van der Waals surface area contributed by atoms with E-state index < -0.39 is 23.6 Å². The molecule has 4 unspecified atom stereocenters. The molecule has 0 aromatic carbocycles. The molecule has 1 nitrogen and oxygen atoms in total. The van der Waals surface area contributed by atoms with Crippen LogP contribution in [0.15, 0.2) is 0 Å². The van der Waals surface area contributed by atoms with Crippen LogP contribution in [0, 0.1) is 17.8 Å². The van der Waals surface area contributed by atoms with Crippen LogP contribution in [0.1, 0.15) is 51.9 Å². The zero-order valence-corrected chi connectivity index (χ0v) is 10.3. The van der Waals surface area contributed by atoms with Crippen LogP contribution in [-0.2, 0) is 0 Å². The van der Waals surface area contributed by atoms with Gasteiger partial charge in [0.25, 0.3) is 0 Å². The Morgan fingerprint density at radius 1 is 1.24 bits per heavy atom. The van der Waals surface area contributed by atoms with Gasteiger partial charge >= 0.3 is 6.18 Å². The standard InChI is InChI=1S/C13H21F3O/c1-2-5-9-8-12(9,17)10-6-3-4-7-11(10)13(14,15)16/h9-11,17H,2-8H2,1H3. The van der Waals surface area contributed by atoms with Crippen LogP contribution < -0.4 is 0 Å². The molecule has 0 amide bonds. The highest BCUT2D eigenvalue weighted by Gasteiger charge is 2.62. The summed E-state index contributed by atoms with van der Waals surface area (Å²) in [6.45, 7) is 2.01. The third-order valence-corrected chi connectivity index (χ3v) is 4.59. The molecule has 2 aliphatic rings. The van der Waals surface area contributed by atoms with E-state index in [0.29, 0.717) is 19.3 Å². The van der Waals surface area contributed by atoms with Crippen molar-refractivity contribution in [3.63, 3.8) is 0 Å². The van der Waals surface area contributed by atoms with Crippen molar-refractivity contribution in [3.05, 3.63) is 0 Å². The second-order valence-electron chi connectivity index (χ2n) is 5.72. The summed E-state index contributed by atoms with van der Waals surface area (Å²) < 4.78 is 38.9. The van der Waals surface area contributed by atoms with E-state index in [2.05, 4.69) is 0 Å². The summed E-state index contributed by atoms with van der Waals surface area (Å²) in [4.78, 5) is 0. The monoisotopic (exact) mass is 250 g/mol.